The first-order valence-electron chi connectivity index (χ1n) is 4.44. The van der Waals surface area contributed by atoms with E-state index in [1.807, 2.05) is 17.8 Å². The quantitative estimate of drug-likeness (QED) is 0.715. The Morgan fingerprint density at radius 1 is 1.69 bits per heavy atom. The number of aryl methyl sites for hydroxylation is 2. The van der Waals surface area contributed by atoms with Gasteiger partial charge in [0.25, 0.3) is 0 Å². The molecule has 74 valence electrons. The molecule has 0 aliphatic heterocycles. The van der Waals surface area contributed by atoms with E-state index >= 15 is 0 Å². The van der Waals surface area contributed by atoms with Gasteiger partial charge in [-0.2, -0.15) is 0 Å². The SMILES string of the molecule is COCC(N)CCc1nccn1C. The lowest BCUT2D eigenvalue weighted by Gasteiger charge is -2.09. The molecule has 0 bridgehead atoms. The van der Waals surface area contributed by atoms with Crippen LogP contribution in [0.4, 0.5) is 0 Å². The van der Waals surface area contributed by atoms with Crippen molar-refractivity contribution >= 4 is 0 Å². The van der Waals surface area contributed by atoms with Crippen molar-refractivity contribution in [1.29, 1.82) is 0 Å². The van der Waals surface area contributed by atoms with Crippen LogP contribution < -0.4 is 5.73 Å². The van der Waals surface area contributed by atoms with E-state index in [0.717, 1.165) is 18.7 Å². The van der Waals surface area contributed by atoms with E-state index in [1.54, 1.807) is 13.3 Å². The second-order valence-electron chi connectivity index (χ2n) is 3.21. The Kier molecular flexibility index (Phi) is 3.92. The fraction of sp³-hybridized carbons (Fsp3) is 0.667. The van der Waals surface area contributed by atoms with Crippen molar-refractivity contribution in [2.45, 2.75) is 18.9 Å². The predicted molar refractivity (Wildman–Crippen MR) is 51.4 cm³/mol. The summed E-state index contributed by atoms with van der Waals surface area (Å²) >= 11 is 0. The van der Waals surface area contributed by atoms with Crippen LogP contribution in [0.2, 0.25) is 0 Å². The van der Waals surface area contributed by atoms with Crippen LogP contribution in [0.5, 0.6) is 0 Å². The Balaban J connectivity index is 2.30. The van der Waals surface area contributed by atoms with Crippen LogP contribution in [0.1, 0.15) is 12.2 Å². The second-order valence-corrected chi connectivity index (χ2v) is 3.21. The summed E-state index contributed by atoms with van der Waals surface area (Å²) in [5.74, 6) is 1.08. The Bertz CT molecular complexity index is 247. The van der Waals surface area contributed by atoms with Crippen LogP contribution in [0.15, 0.2) is 12.4 Å². The zero-order valence-corrected chi connectivity index (χ0v) is 8.23. The molecule has 0 saturated carbocycles. The predicted octanol–water partition coefficient (Wildman–Crippen LogP) is 0.326. The van der Waals surface area contributed by atoms with E-state index in [9.17, 15) is 0 Å². The molecule has 1 aromatic rings. The lowest BCUT2D eigenvalue weighted by Crippen LogP contribution is -2.26. The average molecular weight is 183 g/mol. The molecular formula is C9H17N3O. The van der Waals surface area contributed by atoms with Gasteiger partial charge in [0.1, 0.15) is 5.82 Å². The van der Waals surface area contributed by atoms with Crippen LogP contribution >= 0.6 is 0 Å². The van der Waals surface area contributed by atoms with E-state index < -0.39 is 0 Å². The number of imidazole rings is 1. The zero-order valence-electron chi connectivity index (χ0n) is 8.23. The van der Waals surface area contributed by atoms with E-state index in [1.165, 1.54) is 0 Å². The first kappa shape index (κ1) is 10.2. The third-order valence-electron chi connectivity index (χ3n) is 2.04. The standard InChI is InChI=1S/C9H17N3O/c1-12-6-5-11-9(12)4-3-8(10)7-13-2/h5-6,8H,3-4,7,10H2,1-2H3. The molecule has 1 atom stereocenters. The van der Waals surface area contributed by atoms with Crippen molar-refractivity contribution in [2.75, 3.05) is 13.7 Å². The molecule has 4 heteroatoms. The van der Waals surface area contributed by atoms with Crippen LogP contribution in [0.3, 0.4) is 0 Å². The number of hydrogen-bond donors (Lipinski definition) is 1. The number of methoxy groups -OCH3 is 1. The summed E-state index contributed by atoms with van der Waals surface area (Å²) in [5.41, 5.74) is 5.79. The maximum Gasteiger partial charge on any atom is 0.108 e. The molecule has 2 N–H and O–H groups in total. The molecule has 0 aromatic carbocycles. The van der Waals surface area contributed by atoms with Crippen molar-refractivity contribution < 1.29 is 4.74 Å². The van der Waals surface area contributed by atoms with Gasteiger partial charge in [0.15, 0.2) is 0 Å². The zero-order chi connectivity index (χ0) is 9.68. The Morgan fingerprint density at radius 3 is 3.00 bits per heavy atom. The summed E-state index contributed by atoms with van der Waals surface area (Å²) in [6, 6.07) is 0.113. The fourth-order valence-electron chi connectivity index (χ4n) is 1.25. The highest BCUT2D eigenvalue weighted by atomic mass is 16.5. The lowest BCUT2D eigenvalue weighted by molar-refractivity contribution is 0.177. The highest BCUT2D eigenvalue weighted by molar-refractivity contribution is 4.91. The Labute approximate surface area is 78.7 Å². The molecule has 4 nitrogen and oxygen atoms in total. The molecule has 0 saturated heterocycles. The molecular weight excluding hydrogens is 166 g/mol. The van der Waals surface area contributed by atoms with E-state index in [2.05, 4.69) is 4.98 Å². The minimum absolute atomic E-state index is 0.113. The van der Waals surface area contributed by atoms with Gasteiger partial charge in [-0.15, -0.1) is 0 Å². The molecule has 0 aliphatic carbocycles. The first-order chi connectivity index (χ1) is 6.24. The van der Waals surface area contributed by atoms with Gasteiger partial charge in [-0.25, -0.2) is 4.98 Å². The maximum atomic E-state index is 5.79. The van der Waals surface area contributed by atoms with Crippen LogP contribution in [-0.2, 0) is 18.2 Å². The van der Waals surface area contributed by atoms with Gasteiger partial charge in [0, 0.05) is 39.0 Å². The van der Waals surface area contributed by atoms with Crippen molar-refractivity contribution in [1.82, 2.24) is 9.55 Å². The van der Waals surface area contributed by atoms with Gasteiger partial charge in [-0.05, 0) is 6.42 Å². The van der Waals surface area contributed by atoms with Crippen molar-refractivity contribution in [3.63, 3.8) is 0 Å². The lowest BCUT2D eigenvalue weighted by atomic mass is 10.2. The molecule has 0 radical (unpaired) electrons. The number of nitrogens with two attached hydrogens (primary N) is 1. The van der Waals surface area contributed by atoms with E-state index in [4.69, 9.17) is 10.5 Å². The molecule has 13 heavy (non-hydrogen) atoms. The highest BCUT2D eigenvalue weighted by Crippen LogP contribution is 2.01. The topological polar surface area (TPSA) is 53.1 Å². The van der Waals surface area contributed by atoms with Crippen LogP contribution in [0, 0.1) is 0 Å². The molecule has 1 heterocycles. The van der Waals surface area contributed by atoms with Gasteiger partial charge < -0.3 is 15.0 Å². The maximum absolute atomic E-state index is 5.79. The molecule has 1 aromatic heterocycles. The smallest absolute Gasteiger partial charge is 0.108 e. The fourth-order valence-corrected chi connectivity index (χ4v) is 1.25. The third kappa shape index (κ3) is 3.16. The Hall–Kier alpha value is -0.870. The number of aromatic nitrogens is 2. The summed E-state index contributed by atoms with van der Waals surface area (Å²) in [7, 11) is 3.66. The van der Waals surface area contributed by atoms with Gasteiger partial charge >= 0.3 is 0 Å². The van der Waals surface area contributed by atoms with Crippen molar-refractivity contribution in [3.8, 4) is 0 Å². The molecule has 0 aliphatic rings. The van der Waals surface area contributed by atoms with E-state index in [-0.39, 0.29) is 6.04 Å². The van der Waals surface area contributed by atoms with Gasteiger partial charge in [0.05, 0.1) is 6.61 Å². The summed E-state index contributed by atoms with van der Waals surface area (Å²) in [6.45, 7) is 0.615. The average Bonchev–Trinajstić information content (AvgIpc) is 2.48. The largest absolute Gasteiger partial charge is 0.383 e. The highest BCUT2D eigenvalue weighted by Gasteiger charge is 2.04. The summed E-state index contributed by atoms with van der Waals surface area (Å²) in [4.78, 5) is 4.21. The van der Waals surface area contributed by atoms with Crippen molar-refractivity contribution in [3.05, 3.63) is 18.2 Å². The van der Waals surface area contributed by atoms with Gasteiger partial charge in [0.2, 0.25) is 0 Å². The van der Waals surface area contributed by atoms with Gasteiger partial charge in [-0.1, -0.05) is 0 Å². The van der Waals surface area contributed by atoms with E-state index in [0.29, 0.717) is 6.61 Å². The number of hydrogen-bond acceptors (Lipinski definition) is 3. The summed E-state index contributed by atoms with van der Waals surface area (Å²) in [6.07, 6.45) is 5.57. The van der Waals surface area contributed by atoms with Crippen LogP contribution in [-0.4, -0.2) is 29.3 Å². The summed E-state index contributed by atoms with van der Waals surface area (Å²) < 4.78 is 6.96. The summed E-state index contributed by atoms with van der Waals surface area (Å²) in [5, 5.41) is 0. The van der Waals surface area contributed by atoms with Gasteiger partial charge in [-0.3, -0.25) is 0 Å². The molecule has 0 spiro atoms. The normalized spacial score (nSPS) is 13.2. The Morgan fingerprint density at radius 2 is 2.46 bits per heavy atom. The minimum atomic E-state index is 0.113. The molecule has 1 rings (SSSR count). The third-order valence-corrected chi connectivity index (χ3v) is 2.04. The molecule has 0 amide bonds. The molecule has 0 fully saturated rings. The van der Waals surface area contributed by atoms with Crippen LogP contribution in [0.25, 0.3) is 0 Å². The number of rotatable bonds is 5. The number of nitrogens with zero attached hydrogens (tertiary/aromatic N) is 2. The monoisotopic (exact) mass is 183 g/mol. The number of ether oxygens (including phenoxy) is 1. The van der Waals surface area contributed by atoms with Crippen molar-refractivity contribution in [2.24, 2.45) is 12.8 Å². The first-order valence-corrected chi connectivity index (χ1v) is 4.44. The minimum Gasteiger partial charge on any atom is -0.383 e. The second kappa shape index (κ2) is 4.99. The molecule has 1 unspecified atom stereocenters.